The number of aliphatic hydroxyl groups is 1. The molecular weight excluding hydrogens is 682 g/mol. The van der Waals surface area contributed by atoms with Crippen molar-refractivity contribution in [2.24, 2.45) is 17.6 Å². The summed E-state index contributed by atoms with van der Waals surface area (Å²) < 4.78 is 58.5. The smallest absolute Gasteiger partial charge is 0.172 e. The normalized spacial score (nSPS) is 49.4. The Labute approximate surface area is 314 Å². The molecule has 12 nitrogen and oxygen atoms in total. The number of hydrogen-bond acceptors (Lipinski definition) is 12. The van der Waals surface area contributed by atoms with Crippen molar-refractivity contribution in [1.29, 1.82) is 0 Å². The molecule has 9 rings (SSSR count). The molecule has 53 heavy (non-hydrogen) atoms. The summed E-state index contributed by atoms with van der Waals surface area (Å²) in [6.07, 6.45) is 5.67. The Hall–Kier alpha value is -1.29. The van der Waals surface area contributed by atoms with E-state index in [-0.39, 0.29) is 110 Å². The number of fused-ring (bicyclic) bond motifs is 1. The average molecular weight is 746 g/mol. The van der Waals surface area contributed by atoms with E-state index in [1.807, 2.05) is 6.92 Å². The lowest BCUT2D eigenvalue weighted by molar-refractivity contribution is -0.292. The first-order valence-electron chi connectivity index (χ1n) is 20.5. The van der Waals surface area contributed by atoms with Crippen LogP contribution in [0.4, 0.5) is 0 Å². The number of hydrogen-bond donors (Lipinski definition) is 2. The van der Waals surface area contributed by atoms with Crippen LogP contribution < -0.4 is 5.73 Å². The predicted octanol–water partition coefficient (Wildman–Crippen LogP) is 4.07. The van der Waals surface area contributed by atoms with Gasteiger partial charge in [0, 0.05) is 51.7 Å². The second-order valence-corrected chi connectivity index (χ2v) is 17.5. The molecule has 0 radical (unpaired) electrons. The summed E-state index contributed by atoms with van der Waals surface area (Å²) in [7, 11) is 1.64. The molecule has 1 unspecified atom stereocenters. The molecule has 12 heteroatoms. The van der Waals surface area contributed by atoms with E-state index in [9.17, 15) is 9.90 Å². The molecule has 9 saturated heterocycles. The molecule has 0 aromatic carbocycles. The Balaban J connectivity index is 0.857. The maximum Gasteiger partial charge on any atom is 0.172 e. The van der Waals surface area contributed by atoms with Gasteiger partial charge in [-0.15, -0.1) is 0 Å². The van der Waals surface area contributed by atoms with Crippen molar-refractivity contribution in [3.63, 3.8) is 0 Å². The number of ether oxygens (including phenoxy) is 9. The maximum atomic E-state index is 13.5. The fourth-order valence-electron chi connectivity index (χ4n) is 10.9. The molecular formula is C41H63NO11. The number of methoxy groups -OCH3 is 1. The van der Waals surface area contributed by atoms with E-state index in [0.29, 0.717) is 38.0 Å². The molecule has 0 aromatic heterocycles. The fraction of sp³-hybridized carbons (Fsp3) is 0.878. The van der Waals surface area contributed by atoms with Gasteiger partial charge in [0.15, 0.2) is 5.79 Å². The summed E-state index contributed by atoms with van der Waals surface area (Å²) in [6.45, 7) is 15.1. The zero-order valence-corrected chi connectivity index (χ0v) is 32.1. The van der Waals surface area contributed by atoms with Gasteiger partial charge in [-0.25, -0.2) is 0 Å². The Bertz CT molecular complexity index is 1350. The minimum atomic E-state index is -0.789. The van der Waals surface area contributed by atoms with Crippen LogP contribution in [0, 0.1) is 11.8 Å². The number of ketones is 1. The van der Waals surface area contributed by atoms with Gasteiger partial charge < -0.3 is 53.5 Å². The lowest BCUT2D eigenvalue weighted by Gasteiger charge is -2.47. The van der Waals surface area contributed by atoms with Gasteiger partial charge in [0.05, 0.1) is 67.1 Å². The first-order valence-corrected chi connectivity index (χ1v) is 20.5. The molecule has 3 N–H and O–H groups in total. The van der Waals surface area contributed by atoms with E-state index in [2.05, 4.69) is 27.0 Å². The van der Waals surface area contributed by atoms with E-state index in [4.69, 9.17) is 48.4 Å². The SMILES string of the molecule is C=C1C[C@H](CC[C@@]23C[C@H]4OC5[C@@H](O[C@H]6CC[C@H](CC(=O)C[C@@H]7[C@@H](OC)[C@@H](C[C@H](O)CN)O[C@H]7C)O[C@@H]6[C@@H]5O2)[C@H]4O3)O[C@H]1CC[C@H]1C[C@@H](C)C(=C)[C@@H](C)O1. The number of aliphatic hydroxyl groups excluding tert-OH is 1. The van der Waals surface area contributed by atoms with Crippen molar-refractivity contribution < 1.29 is 52.5 Å². The highest BCUT2D eigenvalue weighted by Crippen LogP contribution is 2.54. The molecule has 0 spiro atoms. The van der Waals surface area contributed by atoms with Gasteiger partial charge in [-0.2, -0.15) is 0 Å². The quantitative estimate of drug-likeness (QED) is 0.247. The number of Topliss-reactive ketones (excluding diaryl/α,β-unsaturated/α-hetero) is 1. The Morgan fingerprint density at radius 3 is 2.43 bits per heavy atom. The molecule has 6 bridgehead atoms. The van der Waals surface area contributed by atoms with Crippen LogP contribution in [-0.2, 0) is 47.4 Å². The second kappa shape index (κ2) is 15.6. The fourth-order valence-corrected chi connectivity index (χ4v) is 10.9. The number of rotatable bonds is 14. The molecule has 298 valence electrons. The van der Waals surface area contributed by atoms with Crippen molar-refractivity contribution in [2.45, 2.75) is 201 Å². The molecule has 0 aromatic rings. The van der Waals surface area contributed by atoms with Crippen molar-refractivity contribution in [3.05, 3.63) is 24.3 Å². The highest BCUT2D eigenvalue weighted by atomic mass is 16.8. The molecule has 9 aliphatic rings. The Morgan fingerprint density at radius 1 is 0.887 bits per heavy atom. The lowest BCUT2D eigenvalue weighted by atomic mass is 9.85. The highest BCUT2D eigenvalue weighted by molar-refractivity contribution is 5.79. The zero-order chi connectivity index (χ0) is 37.2. The molecule has 0 amide bonds. The number of carbonyl (C=O) groups excluding carboxylic acids is 1. The summed E-state index contributed by atoms with van der Waals surface area (Å²) in [5, 5.41) is 10.1. The lowest BCUT2D eigenvalue weighted by Crippen LogP contribution is -2.61. The van der Waals surface area contributed by atoms with E-state index >= 15 is 0 Å². The monoisotopic (exact) mass is 745 g/mol. The van der Waals surface area contributed by atoms with Crippen LogP contribution in [0.2, 0.25) is 0 Å². The largest absolute Gasteiger partial charge is 0.392 e. The van der Waals surface area contributed by atoms with Crippen LogP contribution >= 0.6 is 0 Å². The third kappa shape index (κ3) is 7.61. The van der Waals surface area contributed by atoms with Crippen LogP contribution in [0.15, 0.2) is 24.3 Å². The van der Waals surface area contributed by atoms with E-state index in [1.54, 1.807) is 7.11 Å². The standard InChI is InChI=1S/C41H63NO11/c1-20-13-27(46-23(4)22(20)3)7-9-31-21(2)14-29(48-31)11-12-41-18-34-37(52-41)38-39(51-34)40(53-41)36-32(50-38)10-8-28(49-36)15-25(43)16-30-24(5)47-33(35(30)45-6)17-26(44)19-42/h20,23-24,26-40,44H,2-3,7-19,42H2,1,4-6H3/t20-,23-,24+,26+,27+,28-,29+,30+,31+,32+,33-,34-,35-,36+,37+,38+,39?,40+,41+/m1/s1. The minimum Gasteiger partial charge on any atom is -0.392 e. The summed E-state index contributed by atoms with van der Waals surface area (Å²) in [6, 6.07) is 0. The van der Waals surface area contributed by atoms with Crippen molar-refractivity contribution in [1.82, 2.24) is 0 Å². The number of nitrogens with two attached hydrogens (primary N) is 1. The van der Waals surface area contributed by atoms with E-state index < -0.39 is 11.9 Å². The van der Waals surface area contributed by atoms with Crippen LogP contribution in [0.25, 0.3) is 0 Å². The summed E-state index contributed by atoms with van der Waals surface area (Å²) >= 11 is 0. The third-order valence-electron chi connectivity index (χ3n) is 13.8. The van der Waals surface area contributed by atoms with Gasteiger partial charge >= 0.3 is 0 Å². The van der Waals surface area contributed by atoms with Gasteiger partial charge in [-0.1, -0.05) is 20.1 Å². The van der Waals surface area contributed by atoms with Crippen molar-refractivity contribution in [3.8, 4) is 0 Å². The summed E-state index contributed by atoms with van der Waals surface area (Å²) in [5.74, 6) is -0.303. The van der Waals surface area contributed by atoms with Crippen molar-refractivity contribution in [2.75, 3.05) is 13.7 Å². The van der Waals surface area contributed by atoms with Gasteiger partial charge in [0.25, 0.3) is 0 Å². The van der Waals surface area contributed by atoms with Crippen LogP contribution in [0.3, 0.4) is 0 Å². The van der Waals surface area contributed by atoms with E-state index in [1.165, 1.54) is 5.57 Å². The Morgan fingerprint density at radius 2 is 1.66 bits per heavy atom. The highest BCUT2D eigenvalue weighted by Gasteiger charge is 2.68. The molecule has 0 aliphatic carbocycles. The molecule has 19 atom stereocenters. The van der Waals surface area contributed by atoms with Gasteiger partial charge in [0.2, 0.25) is 0 Å². The van der Waals surface area contributed by atoms with Gasteiger partial charge in [-0.3, -0.25) is 4.79 Å². The first kappa shape index (κ1) is 38.6. The maximum absolute atomic E-state index is 13.5. The summed E-state index contributed by atoms with van der Waals surface area (Å²) in [4.78, 5) is 13.5. The second-order valence-electron chi connectivity index (χ2n) is 17.5. The topological polar surface area (TPSA) is 146 Å². The minimum absolute atomic E-state index is 0.0409. The average Bonchev–Trinajstić information content (AvgIpc) is 3.80. The summed E-state index contributed by atoms with van der Waals surface area (Å²) in [5.41, 5.74) is 7.99. The van der Waals surface area contributed by atoms with Gasteiger partial charge in [-0.05, 0) is 75.9 Å². The van der Waals surface area contributed by atoms with Gasteiger partial charge in [0.1, 0.15) is 36.3 Å². The predicted molar refractivity (Wildman–Crippen MR) is 193 cm³/mol. The first-order chi connectivity index (χ1) is 25.4. The van der Waals surface area contributed by atoms with E-state index in [0.717, 1.165) is 50.5 Å². The molecule has 9 heterocycles. The Kier molecular flexibility index (Phi) is 11.3. The van der Waals surface area contributed by atoms with Crippen LogP contribution in [-0.4, -0.2) is 128 Å². The van der Waals surface area contributed by atoms with Crippen LogP contribution in [0.1, 0.15) is 97.8 Å². The molecule has 0 saturated carbocycles. The molecule has 9 fully saturated rings. The van der Waals surface area contributed by atoms with Crippen molar-refractivity contribution >= 4 is 5.78 Å². The third-order valence-corrected chi connectivity index (χ3v) is 13.8. The molecule has 9 aliphatic heterocycles. The number of carbonyl (C=O) groups is 1. The zero-order valence-electron chi connectivity index (χ0n) is 32.1. The van der Waals surface area contributed by atoms with Crippen LogP contribution in [0.5, 0.6) is 0 Å².